The third-order valence-corrected chi connectivity index (χ3v) is 1.63. The van der Waals surface area contributed by atoms with E-state index in [2.05, 4.69) is 10.1 Å². The molecule has 0 aliphatic carbocycles. The Balaban J connectivity index is 4.17. The van der Waals surface area contributed by atoms with Crippen LogP contribution in [0.2, 0.25) is 0 Å². The van der Waals surface area contributed by atoms with Crippen LogP contribution in [0, 0.1) is 0 Å². The van der Waals surface area contributed by atoms with Crippen molar-refractivity contribution in [1.29, 1.82) is 0 Å². The Labute approximate surface area is 96.3 Å². The number of carboxylic acid groups (broad SMARTS) is 1. The van der Waals surface area contributed by atoms with Gasteiger partial charge in [-0.1, -0.05) is 0 Å². The topological polar surface area (TPSA) is 148 Å². The molecule has 0 rings (SSSR count). The van der Waals surface area contributed by atoms with Crippen molar-refractivity contribution >= 4 is 23.9 Å². The van der Waals surface area contributed by atoms with Crippen molar-refractivity contribution in [3.05, 3.63) is 0 Å². The molecular formula is C8H13N3O6. The van der Waals surface area contributed by atoms with E-state index in [0.717, 1.165) is 7.11 Å². The maximum Gasteiger partial charge on any atom is 0.326 e. The molecule has 96 valence electrons. The van der Waals surface area contributed by atoms with Gasteiger partial charge < -0.3 is 26.2 Å². The molecule has 9 heteroatoms. The SMILES string of the molecule is COC(=O)CNC(=O)NC(CC(N)=O)C(=O)O. The minimum absolute atomic E-state index is 0.411. The van der Waals surface area contributed by atoms with Gasteiger partial charge in [0.15, 0.2) is 0 Å². The molecule has 9 nitrogen and oxygen atoms in total. The van der Waals surface area contributed by atoms with Crippen molar-refractivity contribution in [2.24, 2.45) is 5.73 Å². The molecule has 0 aromatic rings. The zero-order valence-corrected chi connectivity index (χ0v) is 9.06. The first-order chi connectivity index (χ1) is 7.86. The zero-order chi connectivity index (χ0) is 13.4. The molecule has 0 fully saturated rings. The number of amides is 3. The average molecular weight is 247 g/mol. The van der Waals surface area contributed by atoms with E-state index in [-0.39, 0.29) is 0 Å². The predicted molar refractivity (Wildman–Crippen MR) is 53.8 cm³/mol. The van der Waals surface area contributed by atoms with Gasteiger partial charge in [0.2, 0.25) is 5.91 Å². The monoisotopic (exact) mass is 247 g/mol. The molecule has 1 atom stereocenters. The predicted octanol–water partition coefficient (Wildman–Crippen LogP) is -2.21. The van der Waals surface area contributed by atoms with Crippen molar-refractivity contribution in [2.45, 2.75) is 12.5 Å². The van der Waals surface area contributed by atoms with Gasteiger partial charge in [-0.2, -0.15) is 0 Å². The maximum atomic E-state index is 11.1. The summed E-state index contributed by atoms with van der Waals surface area (Å²) in [5, 5.41) is 12.7. The van der Waals surface area contributed by atoms with Gasteiger partial charge in [0, 0.05) is 0 Å². The minimum atomic E-state index is -1.44. The molecule has 0 radical (unpaired) electrons. The summed E-state index contributed by atoms with van der Waals surface area (Å²) in [6.45, 7) is -0.411. The number of carboxylic acids is 1. The van der Waals surface area contributed by atoms with Crippen LogP contribution in [0.1, 0.15) is 6.42 Å². The highest BCUT2D eigenvalue weighted by Gasteiger charge is 2.22. The number of hydrogen-bond acceptors (Lipinski definition) is 5. The van der Waals surface area contributed by atoms with Gasteiger partial charge in [-0.25, -0.2) is 9.59 Å². The van der Waals surface area contributed by atoms with Gasteiger partial charge in [0.25, 0.3) is 0 Å². The number of carbonyl (C=O) groups is 4. The number of methoxy groups -OCH3 is 1. The lowest BCUT2D eigenvalue weighted by molar-refractivity contribution is -0.140. The molecule has 5 N–H and O–H groups in total. The van der Waals surface area contributed by atoms with Gasteiger partial charge in [-0.15, -0.1) is 0 Å². The van der Waals surface area contributed by atoms with Crippen LogP contribution in [0.4, 0.5) is 4.79 Å². The number of rotatable bonds is 6. The van der Waals surface area contributed by atoms with Crippen LogP contribution in [0.25, 0.3) is 0 Å². The number of ether oxygens (including phenoxy) is 1. The summed E-state index contributed by atoms with van der Waals surface area (Å²) < 4.78 is 4.25. The average Bonchev–Trinajstić information content (AvgIpc) is 2.24. The first kappa shape index (κ1) is 14.7. The summed E-state index contributed by atoms with van der Waals surface area (Å²) in [7, 11) is 1.13. The largest absolute Gasteiger partial charge is 0.480 e. The van der Waals surface area contributed by atoms with Crippen molar-refractivity contribution in [2.75, 3.05) is 13.7 Å². The lowest BCUT2D eigenvalue weighted by Gasteiger charge is -2.12. The Kier molecular flexibility index (Phi) is 6.08. The molecule has 0 spiro atoms. The molecule has 1 unspecified atom stereocenters. The fourth-order valence-corrected chi connectivity index (χ4v) is 0.835. The van der Waals surface area contributed by atoms with Crippen molar-refractivity contribution in [3.63, 3.8) is 0 Å². The highest BCUT2D eigenvalue weighted by atomic mass is 16.5. The smallest absolute Gasteiger partial charge is 0.326 e. The second-order valence-corrected chi connectivity index (χ2v) is 2.96. The standard InChI is InChI=1S/C8H13N3O6/c1-17-6(13)3-10-8(16)11-4(7(14)15)2-5(9)12/h4H,2-3H2,1H3,(H2,9,12)(H,14,15)(H2,10,11,16). The molecule has 0 saturated carbocycles. The van der Waals surface area contributed by atoms with Gasteiger partial charge >= 0.3 is 18.0 Å². The first-order valence-corrected chi connectivity index (χ1v) is 4.49. The second-order valence-electron chi connectivity index (χ2n) is 2.96. The number of nitrogens with one attached hydrogen (secondary N) is 2. The normalized spacial score (nSPS) is 11.1. The Bertz CT molecular complexity index is 329. The molecule has 17 heavy (non-hydrogen) atoms. The highest BCUT2D eigenvalue weighted by Crippen LogP contribution is 1.91. The Morgan fingerprint density at radius 2 is 1.94 bits per heavy atom. The summed E-state index contributed by atoms with van der Waals surface area (Å²) in [6, 6.07) is -2.35. The molecule has 0 saturated heterocycles. The van der Waals surface area contributed by atoms with Gasteiger partial charge in [0.1, 0.15) is 12.6 Å². The van der Waals surface area contributed by atoms with Gasteiger partial charge in [0.05, 0.1) is 13.5 Å². The second kappa shape index (κ2) is 7.04. The Morgan fingerprint density at radius 3 is 2.35 bits per heavy atom. The van der Waals surface area contributed by atoms with Crippen LogP contribution in [0.15, 0.2) is 0 Å². The molecule has 0 aliphatic heterocycles. The third-order valence-electron chi connectivity index (χ3n) is 1.63. The fourth-order valence-electron chi connectivity index (χ4n) is 0.835. The molecular weight excluding hydrogens is 234 g/mol. The number of aliphatic carboxylic acids is 1. The Hall–Kier alpha value is -2.32. The van der Waals surface area contributed by atoms with Gasteiger partial charge in [-0.3, -0.25) is 9.59 Å². The van der Waals surface area contributed by atoms with Crippen molar-refractivity contribution in [3.8, 4) is 0 Å². The van der Waals surface area contributed by atoms with Crippen LogP contribution < -0.4 is 16.4 Å². The van der Waals surface area contributed by atoms with Crippen molar-refractivity contribution < 1.29 is 29.0 Å². The van der Waals surface area contributed by atoms with E-state index in [1.165, 1.54) is 0 Å². The molecule has 0 aliphatic rings. The summed E-state index contributed by atoms with van der Waals surface area (Å²) >= 11 is 0. The lowest BCUT2D eigenvalue weighted by atomic mass is 10.2. The van der Waals surface area contributed by atoms with E-state index < -0.39 is 42.9 Å². The quantitative estimate of drug-likeness (QED) is 0.391. The number of primary amides is 1. The maximum absolute atomic E-state index is 11.1. The lowest BCUT2D eigenvalue weighted by Crippen LogP contribution is -2.48. The summed E-state index contributed by atoms with van der Waals surface area (Å²) in [6.07, 6.45) is -0.541. The number of hydrogen-bond donors (Lipinski definition) is 4. The van der Waals surface area contributed by atoms with Crippen LogP contribution in [-0.2, 0) is 19.1 Å². The number of urea groups is 1. The number of nitrogens with two attached hydrogens (primary N) is 1. The van der Waals surface area contributed by atoms with Crippen LogP contribution in [-0.4, -0.2) is 48.7 Å². The van der Waals surface area contributed by atoms with E-state index in [4.69, 9.17) is 10.8 Å². The van der Waals surface area contributed by atoms with Crippen LogP contribution >= 0.6 is 0 Å². The fraction of sp³-hybridized carbons (Fsp3) is 0.500. The number of carbonyl (C=O) groups excluding carboxylic acids is 3. The van der Waals surface area contributed by atoms with Gasteiger partial charge in [-0.05, 0) is 0 Å². The van der Waals surface area contributed by atoms with E-state index in [1.807, 2.05) is 5.32 Å². The van der Waals surface area contributed by atoms with Crippen LogP contribution in [0.3, 0.4) is 0 Å². The van der Waals surface area contributed by atoms with E-state index in [9.17, 15) is 19.2 Å². The Morgan fingerprint density at radius 1 is 1.35 bits per heavy atom. The molecule has 0 bridgehead atoms. The molecule has 0 heterocycles. The molecule has 0 aromatic heterocycles. The third kappa shape index (κ3) is 6.71. The van der Waals surface area contributed by atoms with Crippen molar-refractivity contribution in [1.82, 2.24) is 10.6 Å². The molecule has 3 amide bonds. The zero-order valence-electron chi connectivity index (χ0n) is 9.06. The summed E-state index contributed by atoms with van der Waals surface area (Å²) in [5.41, 5.74) is 4.80. The summed E-state index contributed by atoms with van der Waals surface area (Å²) in [4.78, 5) is 42.9. The molecule has 0 aromatic carbocycles. The number of esters is 1. The highest BCUT2D eigenvalue weighted by molar-refractivity contribution is 5.88. The van der Waals surface area contributed by atoms with E-state index in [1.54, 1.807) is 0 Å². The van der Waals surface area contributed by atoms with E-state index >= 15 is 0 Å². The minimum Gasteiger partial charge on any atom is -0.480 e. The van der Waals surface area contributed by atoms with E-state index in [0.29, 0.717) is 0 Å². The summed E-state index contributed by atoms with van der Waals surface area (Å²) in [5.74, 6) is -2.97. The van der Waals surface area contributed by atoms with Crippen LogP contribution in [0.5, 0.6) is 0 Å². The first-order valence-electron chi connectivity index (χ1n) is 4.49.